The Morgan fingerprint density at radius 1 is 0.952 bits per heavy atom. The summed E-state index contributed by atoms with van der Waals surface area (Å²) in [6.45, 7) is 11.6. The lowest BCUT2D eigenvalue weighted by atomic mass is 10.1. The third-order valence-electron chi connectivity index (χ3n) is 3.52. The maximum Gasteiger partial charge on any atom is 0.317 e. The average molecular weight is 300 g/mol. The monoisotopic (exact) mass is 300 g/mol. The maximum atomic E-state index is 12.5. The van der Waals surface area contributed by atoms with Crippen LogP contribution in [-0.2, 0) is 9.59 Å². The molecular formula is C16H32N2O3. The minimum atomic E-state index is -0.897. The lowest BCUT2D eigenvalue weighted by Crippen LogP contribution is -2.50. The molecule has 0 rings (SSSR count). The fraction of sp³-hybridized carbons (Fsp3) is 0.875. The van der Waals surface area contributed by atoms with Crippen LogP contribution < -0.4 is 0 Å². The first-order valence-corrected chi connectivity index (χ1v) is 7.97. The number of unbranched alkanes of at least 4 members (excludes halogenated alkanes) is 2. The molecule has 0 radical (unpaired) electrons. The molecule has 1 N–H and O–H groups in total. The molecule has 1 amide bonds. The second-order valence-corrected chi connectivity index (χ2v) is 6.51. The van der Waals surface area contributed by atoms with Crippen molar-refractivity contribution >= 4 is 11.9 Å². The van der Waals surface area contributed by atoms with Gasteiger partial charge < -0.3 is 10.0 Å². The lowest BCUT2D eigenvalue weighted by molar-refractivity contribution is -0.142. The van der Waals surface area contributed by atoms with E-state index in [0.717, 1.165) is 38.8 Å². The summed E-state index contributed by atoms with van der Waals surface area (Å²) in [5, 5.41) is 9.02. The molecule has 0 bridgehead atoms. The molecule has 0 heterocycles. The first-order valence-electron chi connectivity index (χ1n) is 7.97. The Morgan fingerprint density at radius 2 is 1.43 bits per heavy atom. The van der Waals surface area contributed by atoms with Crippen molar-refractivity contribution in [3.05, 3.63) is 0 Å². The highest BCUT2D eigenvalue weighted by molar-refractivity contribution is 5.79. The molecular weight excluding hydrogens is 268 g/mol. The molecule has 0 aromatic rings. The summed E-state index contributed by atoms with van der Waals surface area (Å²) in [7, 11) is 0. The molecule has 0 atom stereocenters. The molecule has 5 nitrogen and oxygen atoms in total. The number of hydrogen-bond acceptors (Lipinski definition) is 3. The first kappa shape index (κ1) is 19.9. The molecule has 0 aliphatic rings. The number of nitrogens with zero attached hydrogens (tertiary/aromatic N) is 2. The molecule has 0 fully saturated rings. The van der Waals surface area contributed by atoms with Crippen LogP contribution in [0.3, 0.4) is 0 Å². The van der Waals surface area contributed by atoms with Crippen molar-refractivity contribution in [1.82, 2.24) is 9.80 Å². The quantitative estimate of drug-likeness (QED) is 0.673. The molecule has 0 aliphatic carbocycles. The van der Waals surface area contributed by atoms with Gasteiger partial charge in [-0.1, -0.05) is 26.7 Å². The fourth-order valence-corrected chi connectivity index (χ4v) is 2.02. The Balaban J connectivity index is 4.75. The molecule has 0 aliphatic heterocycles. The minimum Gasteiger partial charge on any atom is -0.480 e. The van der Waals surface area contributed by atoms with Gasteiger partial charge >= 0.3 is 5.97 Å². The van der Waals surface area contributed by atoms with Gasteiger partial charge in [-0.3, -0.25) is 14.5 Å². The predicted molar refractivity (Wildman–Crippen MR) is 85.4 cm³/mol. The van der Waals surface area contributed by atoms with Crippen LogP contribution in [0.1, 0.15) is 60.3 Å². The first-order chi connectivity index (χ1) is 9.72. The topological polar surface area (TPSA) is 60.9 Å². The minimum absolute atomic E-state index is 0.0353. The summed E-state index contributed by atoms with van der Waals surface area (Å²) in [6.07, 6.45) is 4.08. The zero-order valence-electron chi connectivity index (χ0n) is 14.3. The van der Waals surface area contributed by atoms with Gasteiger partial charge in [0.1, 0.15) is 0 Å². The van der Waals surface area contributed by atoms with E-state index in [9.17, 15) is 9.59 Å². The van der Waals surface area contributed by atoms with E-state index in [1.54, 1.807) is 4.90 Å². The van der Waals surface area contributed by atoms with E-state index in [-0.39, 0.29) is 24.5 Å². The van der Waals surface area contributed by atoms with Gasteiger partial charge in [-0.15, -0.1) is 0 Å². The van der Waals surface area contributed by atoms with Crippen LogP contribution in [-0.4, -0.2) is 58.5 Å². The predicted octanol–water partition coefficient (Wildman–Crippen LogP) is 2.60. The Morgan fingerprint density at radius 3 is 1.76 bits per heavy atom. The molecule has 21 heavy (non-hydrogen) atoms. The van der Waals surface area contributed by atoms with Gasteiger partial charge in [0.05, 0.1) is 13.1 Å². The number of amides is 1. The molecule has 0 saturated heterocycles. The number of carbonyl (C=O) groups excluding carboxylic acids is 1. The van der Waals surface area contributed by atoms with E-state index in [1.807, 2.05) is 25.7 Å². The highest BCUT2D eigenvalue weighted by Crippen LogP contribution is 2.13. The molecule has 0 spiro atoms. The number of carbonyl (C=O) groups is 2. The van der Waals surface area contributed by atoms with Crippen LogP contribution in [0.2, 0.25) is 0 Å². The molecule has 0 saturated carbocycles. The van der Waals surface area contributed by atoms with Crippen LogP contribution in [0.4, 0.5) is 0 Å². The Bertz CT molecular complexity index is 316. The van der Waals surface area contributed by atoms with Gasteiger partial charge in [0.15, 0.2) is 0 Å². The van der Waals surface area contributed by atoms with Crippen molar-refractivity contribution < 1.29 is 14.7 Å². The second-order valence-electron chi connectivity index (χ2n) is 6.51. The zero-order valence-corrected chi connectivity index (χ0v) is 14.3. The van der Waals surface area contributed by atoms with Crippen molar-refractivity contribution in [2.45, 2.75) is 65.8 Å². The van der Waals surface area contributed by atoms with Crippen LogP contribution >= 0.6 is 0 Å². The average Bonchev–Trinajstić information content (AvgIpc) is 2.36. The third-order valence-corrected chi connectivity index (χ3v) is 3.52. The van der Waals surface area contributed by atoms with E-state index >= 15 is 0 Å². The number of aliphatic carboxylic acids is 1. The van der Waals surface area contributed by atoms with E-state index in [4.69, 9.17) is 5.11 Å². The summed E-state index contributed by atoms with van der Waals surface area (Å²) in [4.78, 5) is 27.1. The van der Waals surface area contributed by atoms with Gasteiger partial charge in [-0.2, -0.15) is 0 Å². The largest absolute Gasteiger partial charge is 0.480 e. The zero-order chi connectivity index (χ0) is 16.5. The second kappa shape index (κ2) is 9.77. The number of carboxylic acid groups (broad SMARTS) is 1. The molecule has 124 valence electrons. The van der Waals surface area contributed by atoms with Crippen LogP contribution in [0.5, 0.6) is 0 Å². The van der Waals surface area contributed by atoms with E-state index in [2.05, 4.69) is 13.8 Å². The summed E-state index contributed by atoms with van der Waals surface area (Å²) < 4.78 is 0. The van der Waals surface area contributed by atoms with Crippen molar-refractivity contribution in [1.29, 1.82) is 0 Å². The highest BCUT2D eigenvalue weighted by Gasteiger charge is 2.27. The number of hydrogen-bond donors (Lipinski definition) is 1. The molecule has 5 heteroatoms. The van der Waals surface area contributed by atoms with Gasteiger partial charge in [0, 0.05) is 18.6 Å². The van der Waals surface area contributed by atoms with Crippen LogP contribution in [0, 0.1) is 0 Å². The van der Waals surface area contributed by atoms with Crippen LogP contribution in [0.15, 0.2) is 0 Å². The van der Waals surface area contributed by atoms with Gasteiger partial charge in [-0.05, 0) is 33.6 Å². The molecule has 0 aromatic heterocycles. The van der Waals surface area contributed by atoms with E-state index < -0.39 is 5.97 Å². The van der Waals surface area contributed by atoms with Gasteiger partial charge in [-0.25, -0.2) is 0 Å². The summed E-state index contributed by atoms with van der Waals surface area (Å²) >= 11 is 0. The van der Waals surface area contributed by atoms with Crippen LogP contribution in [0.25, 0.3) is 0 Å². The maximum absolute atomic E-state index is 12.5. The van der Waals surface area contributed by atoms with E-state index in [1.165, 1.54) is 0 Å². The fourth-order valence-electron chi connectivity index (χ4n) is 2.02. The normalized spacial score (nSPS) is 11.7. The Kier molecular flexibility index (Phi) is 9.26. The van der Waals surface area contributed by atoms with Crippen molar-refractivity contribution in [2.24, 2.45) is 0 Å². The lowest BCUT2D eigenvalue weighted by Gasteiger charge is -2.35. The summed E-state index contributed by atoms with van der Waals surface area (Å²) in [6, 6.07) is 0. The Labute approximate surface area is 129 Å². The highest BCUT2D eigenvalue weighted by atomic mass is 16.4. The SMILES string of the molecule is CCCCN(CCCC)C(=O)CN(CC(=O)O)C(C)(C)C. The Hall–Kier alpha value is -1.10. The summed E-state index contributed by atoms with van der Waals surface area (Å²) in [5.74, 6) is -0.862. The molecule has 0 aromatic carbocycles. The smallest absolute Gasteiger partial charge is 0.317 e. The standard InChI is InChI=1S/C16H32N2O3/c1-6-8-10-17(11-9-7-2)14(19)12-18(13-15(20)21)16(3,4)5/h6-13H2,1-5H3,(H,20,21). The molecule has 0 unspecified atom stereocenters. The number of carboxylic acids is 1. The van der Waals surface area contributed by atoms with Crippen molar-refractivity contribution in [2.75, 3.05) is 26.2 Å². The summed E-state index contributed by atoms with van der Waals surface area (Å²) in [5.41, 5.74) is -0.338. The van der Waals surface area contributed by atoms with Gasteiger partial charge in [0.25, 0.3) is 0 Å². The van der Waals surface area contributed by atoms with Crippen molar-refractivity contribution in [3.63, 3.8) is 0 Å². The third kappa shape index (κ3) is 8.71. The van der Waals surface area contributed by atoms with E-state index in [0.29, 0.717) is 0 Å². The number of rotatable bonds is 10. The van der Waals surface area contributed by atoms with Crippen molar-refractivity contribution in [3.8, 4) is 0 Å². The van der Waals surface area contributed by atoms with Gasteiger partial charge in [0.2, 0.25) is 5.91 Å².